The highest BCUT2D eigenvalue weighted by Crippen LogP contribution is 2.09. The second kappa shape index (κ2) is 9.00. The van der Waals surface area contributed by atoms with Gasteiger partial charge in [0, 0.05) is 18.0 Å². The zero-order valence-electron chi connectivity index (χ0n) is 13.6. The van der Waals surface area contributed by atoms with Crippen LogP contribution in [0.4, 0.5) is 0 Å². The smallest absolute Gasteiger partial charge is 0.205 e. The molecule has 1 heterocycles. The summed E-state index contributed by atoms with van der Waals surface area (Å²) in [4.78, 5) is 8.51. The molecule has 2 heteroatoms. The Morgan fingerprint density at radius 1 is 0.818 bits per heavy atom. The molecule has 0 saturated heterocycles. The topological polar surface area (TPSA) is 25.8 Å². The molecule has 0 unspecified atom stereocenters. The minimum atomic E-state index is 0.584. The van der Waals surface area contributed by atoms with Crippen LogP contribution in [0.2, 0.25) is 0 Å². The molecule has 0 amide bonds. The third kappa shape index (κ3) is 5.33. The van der Waals surface area contributed by atoms with Crippen LogP contribution in [0.3, 0.4) is 0 Å². The van der Waals surface area contributed by atoms with Crippen molar-refractivity contribution in [1.29, 1.82) is 0 Å². The largest absolute Gasteiger partial charge is 0.229 e. The van der Waals surface area contributed by atoms with Crippen LogP contribution < -0.4 is 0 Å². The first-order valence-corrected chi connectivity index (χ1v) is 8.23. The highest BCUT2D eigenvalue weighted by molar-refractivity contribution is 5.39. The van der Waals surface area contributed by atoms with E-state index >= 15 is 0 Å². The van der Waals surface area contributed by atoms with E-state index in [1.54, 1.807) is 0 Å². The quantitative estimate of drug-likeness (QED) is 0.576. The van der Waals surface area contributed by atoms with E-state index < -0.39 is 0 Å². The van der Waals surface area contributed by atoms with Gasteiger partial charge in [-0.3, -0.25) is 0 Å². The maximum atomic E-state index is 4.26. The van der Waals surface area contributed by atoms with Gasteiger partial charge in [-0.05, 0) is 48.4 Å². The summed E-state index contributed by atoms with van der Waals surface area (Å²) in [5.41, 5.74) is 3.55. The molecule has 1 aromatic carbocycles. The van der Waals surface area contributed by atoms with Gasteiger partial charge < -0.3 is 0 Å². The van der Waals surface area contributed by atoms with Gasteiger partial charge in [0.05, 0.1) is 0 Å². The van der Waals surface area contributed by atoms with E-state index in [9.17, 15) is 0 Å². The van der Waals surface area contributed by atoms with E-state index in [0.29, 0.717) is 5.82 Å². The van der Waals surface area contributed by atoms with Gasteiger partial charge in [0.15, 0.2) is 0 Å². The van der Waals surface area contributed by atoms with Crippen LogP contribution in [0.15, 0.2) is 36.7 Å². The van der Waals surface area contributed by atoms with E-state index in [2.05, 4.69) is 59.9 Å². The highest BCUT2D eigenvalue weighted by atomic mass is 14.8. The molecule has 2 nitrogen and oxygen atoms in total. The minimum Gasteiger partial charge on any atom is -0.229 e. The fourth-order valence-corrected chi connectivity index (χ4v) is 2.24. The van der Waals surface area contributed by atoms with E-state index in [4.69, 9.17) is 0 Å². The average Bonchev–Trinajstić information content (AvgIpc) is 2.58. The van der Waals surface area contributed by atoms with Crippen molar-refractivity contribution < 1.29 is 0 Å². The van der Waals surface area contributed by atoms with E-state index in [-0.39, 0.29) is 0 Å². The number of aryl methyl sites for hydroxylation is 2. The molecule has 0 aliphatic rings. The molecule has 2 rings (SSSR count). The average molecular weight is 292 g/mol. The van der Waals surface area contributed by atoms with Crippen molar-refractivity contribution in [3.8, 4) is 11.8 Å². The Labute approximate surface area is 134 Å². The lowest BCUT2D eigenvalue weighted by Gasteiger charge is -2.01. The van der Waals surface area contributed by atoms with Crippen molar-refractivity contribution in [2.24, 2.45) is 0 Å². The third-order valence-electron chi connectivity index (χ3n) is 3.71. The van der Waals surface area contributed by atoms with Crippen molar-refractivity contribution in [1.82, 2.24) is 9.97 Å². The van der Waals surface area contributed by atoms with Crippen molar-refractivity contribution in [2.45, 2.75) is 52.4 Å². The number of benzene rings is 1. The number of nitrogens with zero attached hydrogens (tertiary/aromatic N) is 2. The van der Waals surface area contributed by atoms with Crippen LogP contribution in [-0.4, -0.2) is 9.97 Å². The molecule has 0 aliphatic heterocycles. The Hall–Kier alpha value is -2.14. The Bertz CT molecular complexity index is 615. The maximum absolute atomic E-state index is 4.26. The fourth-order valence-electron chi connectivity index (χ4n) is 2.24. The molecule has 2 aromatic rings. The summed E-state index contributed by atoms with van der Waals surface area (Å²) in [6, 6.07) is 8.53. The zero-order valence-corrected chi connectivity index (χ0v) is 13.6. The Balaban J connectivity index is 1.92. The fraction of sp³-hybridized carbons (Fsp3) is 0.400. The molecular formula is C20H24N2. The van der Waals surface area contributed by atoms with Gasteiger partial charge in [0.2, 0.25) is 5.82 Å². The molecular weight excluding hydrogens is 268 g/mol. The van der Waals surface area contributed by atoms with Gasteiger partial charge in [-0.15, -0.1) is 0 Å². The summed E-state index contributed by atoms with van der Waals surface area (Å²) < 4.78 is 0. The van der Waals surface area contributed by atoms with Crippen LogP contribution in [-0.2, 0) is 12.8 Å². The number of aromatic nitrogens is 2. The van der Waals surface area contributed by atoms with Crippen LogP contribution in [0.25, 0.3) is 0 Å². The highest BCUT2D eigenvalue weighted by Gasteiger charge is 1.95. The van der Waals surface area contributed by atoms with Crippen LogP contribution >= 0.6 is 0 Å². The summed E-state index contributed by atoms with van der Waals surface area (Å²) in [5.74, 6) is 6.73. The van der Waals surface area contributed by atoms with Gasteiger partial charge in [0.1, 0.15) is 0 Å². The Morgan fingerprint density at radius 2 is 1.55 bits per heavy atom. The Kier molecular flexibility index (Phi) is 6.64. The second-order valence-corrected chi connectivity index (χ2v) is 5.53. The minimum absolute atomic E-state index is 0.584. The molecule has 0 aliphatic carbocycles. The standard InChI is InChI=1S/C20H24N2/c1-3-5-6-7-8-18-9-11-19(12-10-18)13-14-20-21-15-17(4-2)16-22-20/h9-12,15-16H,3-8H2,1-2H3. The van der Waals surface area contributed by atoms with Gasteiger partial charge in [-0.25, -0.2) is 9.97 Å². The van der Waals surface area contributed by atoms with Gasteiger partial charge in [-0.2, -0.15) is 0 Å². The first-order valence-electron chi connectivity index (χ1n) is 8.23. The molecule has 0 atom stereocenters. The van der Waals surface area contributed by atoms with Crippen molar-refractivity contribution in [2.75, 3.05) is 0 Å². The SMILES string of the molecule is CCCCCCc1ccc(C#Cc2ncc(CC)cn2)cc1. The van der Waals surface area contributed by atoms with Crippen molar-refractivity contribution >= 4 is 0 Å². The maximum Gasteiger partial charge on any atom is 0.205 e. The number of hydrogen-bond acceptors (Lipinski definition) is 2. The summed E-state index contributed by atoms with van der Waals surface area (Å²) in [6.45, 7) is 4.33. The summed E-state index contributed by atoms with van der Waals surface area (Å²) >= 11 is 0. The molecule has 0 bridgehead atoms. The van der Waals surface area contributed by atoms with Gasteiger partial charge in [-0.1, -0.05) is 51.2 Å². The molecule has 0 saturated carbocycles. The number of rotatable bonds is 6. The molecule has 1 aromatic heterocycles. The molecule has 22 heavy (non-hydrogen) atoms. The van der Waals surface area contributed by atoms with E-state index in [1.165, 1.54) is 31.2 Å². The monoisotopic (exact) mass is 292 g/mol. The summed E-state index contributed by atoms with van der Waals surface area (Å²) in [7, 11) is 0. The second-order valence-electron chi connectivity index (χ2n) is 5.53. The molecule has 0 fully saturated rings. The Morgan fingerprint density at radius 3 is 2.18 bits per heavy atom. The number of hydrogen-bond donors (Lipinski definition) is 0. The summed E-state index contributed by atoms with van der Waals surface area (Å²) in [6.07, 6.45) is 11.0. The first kappa shape index (κ1) is 16.2. The van der Waals surface area contributed by atoms with Crippen LogP contribution in [0, 0.1) is 11.8 Å². The van der Waals surface area contributed by atoms with Crippen molar-refractivity contribution in [3.63, 3.8) is 0 Å². The zero-order chi connectivity index (χ0) is 15.6. The number of unbranched alkanes of at least 4 members (excludes halogenated alkanes) is 3. The molecule has 0 radical (unpaired) electrons. The van der Waals surface area contributed by atoms with Gasteiger partial charge in [0.25, 0.3) is 0 Å². The van der Waals surface area contributed by atoms with Crippen molar-refractivity contribution in [3.05, 3.63) is 59.2 Å². The molecule has 0 spiro atoms. The first-order chi connectivity index (χ1) is 10.8. The lowest BCUT2D eigenvalue weighted by molar-refractivity contribution is 0.667. The lowest BCUT2D eigenvalue weighted by Crippen LogP contribution is -1.91. The molecule has 0 N–H and O–H groups in total. The van der Waals surface area contributed by atoms with Crippen LogP contribution in [0.5, 0.6) is 0 Å². The van der Waals surface area contributed by atoms with Crippen LogP contribution in [0.1, 0.15) is 62.0 Å². The normalized spacial score (nSPS) is 10.1. The van der Waals surface area contributed by atoms with Gasteiger partial charge >= 0.3 is 0 Å². The van der Waals surface area contributed by atoms with E-state index in [0.717, 1.165) is 24.0 Å². The third-order valence-corrected chi connectivity index (χ3v) is 3.71. The van der Waals surface area contributed by atoms with E-state index in [1.807, 2.05) is 12.4 Å². The predicted molar refractivity (Wildman–Crippen MR) is 91.7 cm³/mol. The lowest BCUT2D eigenvalue weighted by atomic mass is 10.0. The summed E-state index contributed by atoms with van der Waals surface area (Å²) in [5, 5.41) is 0. The predicted octanol–water partition coefficient (Wildman–Crippen LogP) is 4.56. The molecule has 114 valence electrons.